The molecular formula is C12H16N2O3. The first-order valence-corrected chi connectivity index (χ1v) is 5.20. The number of nitrogens with two attached hydrogens (primary N) is 1. The van der Waals surface area contributed by atoms with Crippen LogP contribution in [0, 0.1) is 6.92 Å². The highest BCUT2D eigenvalue weighted by Crippen LogP contribution is 2.14. The van der Waals surface area contributed by atoms with Gasteiger partial charge in [0.05, 0.1) is 0 Å². The zero-order valence-corrected chi connectivity index (χ0v) is 10.1. The summed E-state index contributed by atoms with van der Waals surface area (Å²) in [5, 5.41) is 8.83. The Labute approximate surface area is 99.8 Å². The van der Waals surface area contributed by atoms with Crippen LogP contribution in [0.3, 0.4) is 0 Å². The van der Waals surface area contributed by atoms with Gasteiger partial charge in [-0.25, -0.2) is 4.79 Å². The quantitative estimate of drug-likeness (QED) is 0.770. The lowest BCUT2D eigenvalue weighted by Gasteiger charge is -2.21. The fourth-order valence-electron chi connectivity index (χ4n) is 1.35. The zero-order chi connectivity index (χ0) is 13.2. The van der Waals surface area contributed by atoms with Crippen molar-refractivity contribution >= 4 is 17.6 Å². The molecule has 0 saturated heterocycles. The molecule has 0 saturated carbocycles. The van der Waals surface area contributed by atoms with Gasteiger partial charge in [0.25, 0.3) is 5.91 Å². The summed E-state index contributed by atoms with van der Waals surface area (Å²) in [6.07, 6.45) is 0. The van der Waals surface area contributed by atoms with Gasteiger partial charge < -0.3 is 15.7 Å². The molecule has 0 heterocycles. The van der Waals surface area contributed by atoms with Crippen molar-refractivity contribution in [2.24, 2.45) is 0 Å². The molecular weight excluding hydrogens is 220 g/mol. The second-order valence-corrected chi connectivity index (χ2v) is 4.00. The molecule has 5 nitrogen and oxygen atoms in total. The highest BCUT2D eigenvalue weighted by Gasteiger charge is 2.22. The minimum Gasteiger partial charge on any atom is -0.480 e. The number of carbonyl (C=O) groups is 2. The lowest BCUT2D eigenvalue weighted by molar-refractivity contribution is -0.141. The van der Waals surface area contributed by atoms with Gasteiger partial charge in [-0.2, -0.15) is 0 Å². The van der Waals surface area contributed by atoms with Crippen molar-refractivity contribution in [3.63, 3.8) is 0 Å². The van der Waals surface area contributed by atoms with Crippen molar-refractivity contribution in [2.75, 3.05) is 12.8 Å². The van der Waals surface area contributed by atoms with E-state index < -0.39 is 12.0 Å². The fraction of sp³-hybridized carbons (Fsp3) is 0.333. The fourth-order valence-corrected chi connectivity index (χ4v) is 1.35. The average Bonchev–Trinajstić information content (AvgIpc) is 2.29. The van der Waals surface area contributed by atoms with Gasteiger partial charge in [0, 0.05) is 18.3 Å². The van der Waals surface area contributed by atoms with Crippen LogP contribution in [-0.4, -0.2) is 35.0 Å². The molecule has 5 heteroatoms. The number of aliphatic carboxylic acids is 1. The Balaban J connectivity index is 2.96. The zero-order valence-electron chi connectivity index (χ0n) is 10.1. The number of hydrogen-bond acceptors (Lipinski definition) is 3. The van der Waals surface area contributed by atoms with Crippen LogP contribution in [-0.2, 0) is 4.79 Å². The molecule has 1 aromatic carbocycles. The number of aryl methyl sites for hydroxylation is 1. The molecule has 3 N–H and O–H groups in total. The Hall–Kier alpha value is -2.04. The maximum atomic E-state index is 12.0. The summed E-state index contributed by atoms with van der Waals surface area (Å²) < 4.78 is 0. The second kappa shape index (κ2) is 4.86. The third-order valence-corrected chi connectivity index (χ3v) is 2.78. The molecule has 0 aliphatic carbocycles. The van der Waals surface area contributed by atoms with Gasteiger partial charge in [-0.15, -0.1) is 0 Å². The van der Waals surface area contributed by atoms with Gasteiger partial charge in [-0.1, -0.05) is 0 Å². The molecule has 1 atom stereocenters. The molecule has 17 heavy (non-hydrogen) atoms. The Bertz CT molecular complexity index is 457. The summed E-state index contributed by atoms with van der Waals surface area (Å²) in [5.41, 5.74) is 7.50. The van der Waals surface area contributed by atoms with Crippen LogP contribution in [0.25, 0.3) is 0 Å². The van der Waals surface area contributed by atoms with Crippen molar-refractivity contribution in [2.45, 2.75) is 19.9 Å². The lowest BCUT2D eigenvalue weighted by Crippen LogP contribution is -2.40. The van der Waals surface area contributed by atoms with E-state index in [1.54, 1.807) is 25.1 Å². The number of carboxylic acids is 1. The Morgan fingerprint density at radius 1 is 1.41 bits per heavy atom. The van der Waals surface area contributed by atoms with Crippen molar-refractivity contribution in [3.8, 4) is 0 Å². The van der Waals surface area contributed by atoms with Crippen molar-refractivity contribution in [1.82, 2.24) is 4.90 Å². The van der Waals surface area contributed by atoms with Gasteiger partial charge in [0.2, 0.25) is 0 Å². The molecule has 0 radical (unpaired) electrons. The van der Waals surface area contributed by atoms with Crippen molar-refractivity contribution in [1.29, 1.82) is 0 Å². The first kappa shape index (κ1) is 13.0. The average molecular weight is 236 g/mol. The van der Waals surface area contributed by atoms with E-state index in [1.165, 1.54) is 18.9 Å². The number of hydrogen-bond donors (Lipinski definition) is 2. The Morgan fingerprint density at radius 2 is 2.00 bits per heavy atom. The topological polar surface area (TPSA) is 83.6 Å². The standard InChI is InChI=1S/C12H16N2O3/c1-7-6-9(4-5-10(7)13)11(15)14(3)8(2)12(16)17/h4-6,8H,13H2,1-3H3,(H,16,17). The number of nitrogens with zero attached hydrogens (tertiary/aromatic N) is 1. The summed E-state index contributed by atoms with van der Waals surface area (Å²) in [4.78, 5) is 23.9. The smallest absolute Gasteiger partial charge is 0.326 e. The van der Waals surface area contributed by atoms with Crippen LogP contribution in [0.4, 0.5) is 5.69 Å². The van der Waals surface area contributed by atoms with Crippen LogP contribution in [0.15, 0.2) is 18.2 Å². The number of nitrogen functional groups attached to an aromatic ring is 1. The Kier molecular flexibility index (Phi) is 3.73. The summed E-state index contributed by atoms with van der Waals surface area (Å²) in [7, 11) is 1.47. The molecule has 1 unspecified atom stereocenters. The van der Waals surface area contributed by atoms with E-state index in [4.69, 9.17) is 10.8 Å². The molecule has 0 spiro atoms. The van der Waals surface area contributed by atoms with E-state index in [0.717, 1.165) is 5.56 Å². The first-order valence-electron chi connectivity index (χ1n) is 5.20. The predicted octanol–water partition coefficient (Wildman–Crippen LogP) is 1.12. The van der Waals surface area contributed by atoms with Crippen LogP contribution < -0.4 is 5.73 Å². The van der Waals surface area contributed by atoms with E-state index in [0.29, 0.717) is 11.3 Å². The summed E-state index contributed by atoms with van der Waals surface area (Å²) in [5.74, 6) is -1.36. The summed E-state index contributed by atoms with van der Waals surface area (Å²) in [6.45, 7) is 3.26. The summed E-state index contributed by atoms with van der Waals surface area (Å²) in [6, 6.07) is 4.03. The van der Waals surface area contributed by atoms with E-state index >= 15 is 0 Å². The van der Waals surface area contributed by atoms with Crippen LogP contribution in [0.1, 0.15) is 22.8 Å². The van der Waals surface area contributed by atoms with Crippen molar-refractivity contribution < 1.29 is 14.7 Å². The van der Waals surface area contributed by atoms with Gasteiger partial charge >= 0.3 is 5.97 Å². The number of likely N-dealkylation sites (N-methyl/N-ethyl adjacent to an activating group) is 1. The van der Waals surface area contributed by atoms with Gasteiger partial charge in [-0.3, -0.25) is 4.79 Å². The molecule has 0 bridgehead atoms. The molecule has 0 aliphatic rings. The highest BCUT2D eigenvalue weighted by atomic mass is 16.4. The van der Waals surface area contributed by atoms with Crippen LogP contribution >= 0.6 is 0 Å². The van der Waals surface area contributed by atoms with E-state index in [1.807, 2.05) is 0 Å². The number of carboxylic acid groups (broad SMARTS) is 1. The third kappa shape index (κ3) is 2.75. The number of carbonyl (C=O) groups excluding carboxylic acids is 1. The maximum Gasteiger partial charge on any atom is 0.326 e. The van der Waals surface area contributed by atoms with Gasteiger partial charge in [0.1, 0.15) is 6.04 Å². The van der Waals surface area contributed by atoms with Crippen LogP contribution in [0.2, 0.25) is 0 Å². The lowest BCUT2D eigenvalue weighted by atomic mass is 10.1. The number of benzene rings is 1. The molecule has 92 valence electrons. The number of anilines is 1. The minimum atomic E-state index is -1.03. The SMILES string of the molecule is Cc1cc(C(=O)N(C)C(C)C(=O)O)ccc1N. The van der Waals surface area contributed by atoms with Crippen molar-refractivity contribution in [3.05, 3.63) is 29.3 Å². The summed E-state index contributed by atoms with van der Waals surface area (Å²) >= 11 is 0. The van der Waals surface area contributed by atoms with E-state index in [-0.39, 0.29) is 5.91 Å². The predicted molar refractivity (Wildman–Crippen MR) is 64.8 cm³/mol. The molecule has 0 aliphatic heterocycles. The highest BCUT2D eigenvalue weighted by molar-refractivity contribution is 5.96. The van der Waals surface area contributed by atoms with Gasteiger partial charge in [-0.05, 0) is 37.6 Å². The second-order valence-electron chi connectivity index (χ2n) is 4.00. The third-order valence-electron chi connectivity index (χ3n) is 2.78. The molecule has 1 amide bonds. The maximum absolute atomic E-state index is 12.0. The number of rotatable bonds is 3. The molecule has 1 rings (SSSR count). The Morgan fingerprint density at radius 3 is 2.47 bits per heavy atom. The largest absolute Gasteiger partial charge is 0.480 e. The number of amides is 1. The molecule has 0 fully saturated rings. The monoisotopic (exact) mass is 236 g/mol. The molecule has 0 aromatic heterocycles. The van der Waals surface area contributed by atoms with E-state index in [9.17, 15) is 9.59 Å². The molecule has 1 aromatic rings. The first-order chi connectivity index (χ1) is 7.84. The van der Waals surface area contributed by atoms with Gasteiger partial charge in [0.15, 0.2) is 0 Å². The normalized spacial score (nSPS) is 11.9. The minimum absolute atomic E-state index is 0.331. The van der Waals surface area contributed by atoms with E-state index in [2.05, 4.69) is 0 Å². The van der Waals surface area contributed by atoms with Crippen LogP contribution in [0.5, 0.6) is 0 Å².